The number of hydrogen-bond acceptors (Lipinski definition) is 8. The van der Waals surface area contributed by atoms with E-state index in [-0.39, 0.29) is 24.3 Å². The van der Waals surface area contributed by atoms with Crippen molar-refractivity contribution in [2.45, 2.75) is 26.4 Å². The molecule has 156 valence electrons. The standard InChI is InChI=1S/C21H24N6O3/c1-14(2)19(13-28)25-21-24-18(17-8-3-4-9-22-17)11-20(26-21)23-12-15-6-5-7-16(10-15)27(29)30/h3-11,14,19,28H,12-13H2,1-2H3,(H2,23,24,25,26)/t19-/m0/s1. The largest absolute Gasteiger partial charge is 0.394 e. The zero-order valence-corrected chi connectivity index (χ0v) is 16.8. The normalized spacial score (nSPS) is 11.9. The molecule has 0 spiro atoms. The van der Waals surface area contributed by atoms with E-state index in [1.807, 2.05) is 32.0 Å². The molecule has 9 heteroatoms. The highest BCUT2D eigenvalue weighted by Crippen LogP contribution is 2.21. The van der Waals surface area contributed by atoms with Crippen molar-refractivity contribution in [1.82, 2.24) is 15.0 Å². The Hall–Kier alpha value is -3.59. The Bertz CT molecular complexity index is 997. The third kappa shape index (κ3) is 5.48. The Morgan fingerprint density at radius 1 is 1.10 bits per heavy atom. The fourth-order valence-corrected chi connectivity index (χ4v) is 2.81. The van der Waals surface area contributed by atoms with Gasteiger partial charge in [0, 0.05) is 30.9 Å². The van der Waals surface area contributed by atoms with E-state index < -0.39 is 4.92 Å². The molecule has 9 nitrogen and oxygen atoms in total. The van der Waals surface area contributed by atoms with Crippen LogP contribution in [0.1, 0.15) is 19.4 Å². The van der Waals surface area contributed by atoms with Gasteiger partial charge in [-0.1, -0.05) is 32.0 Å². The predicted molar refractivity (Wildman–Crippen MR) is 115 cm³/mol. The van der Waals surface area contributed by atoms with E-state index in [1.54, 1.807) is 24.4 Å². The first-order valence-electron chi connectivity index (χ1n) is 9.61. The van der Waals surface area contributed by atoms with Crippen LogP contribution in [0.4, 0.5) is 17.5 Å². The molecular weight excluding hydrogens is 384 g/mol. The van der Waals surface area contributed by atoms with Crippen LogP contribution in [-0.2, 0) is 6.54 Å². The number of rotatable bonds is 9. The molecule has 0 saturated carbocycles. The number of aliphatic hydroxyl groups is 1. The maximum Gasteiger partial charge on any atom is 0.269 e. The van der Waals surface area contributed by atoms with E-state index in [0.717, 1.165) is 5.56 Å². The molecule has 30 heavy (non-hydrogen) atoms. The van der Waals surface area contributed by atoms with Crippen LogP contribution in [-0.4, -0.2) is 37.6 Å². The second kappa shape index (κ2) is 9.75. The van der Waals surface area contributed by atoms with Gasteiger partial charge >= 0.3 is 0 Å². The minimum atomic E-state index is -0.420. The molecule has 0 aliphatic heterocycles. The van der Waals surface area contributed by atoms with Crippen molar-refractivity contribution in [3.8, 4) is 11.4 Å². The molecule has 1 aromatic carbocycles. The fraction of sp³-hybridized carbons (Fsp3) is 0.286. The van der Waals surface area contributed by atoms with E-state index in [4.69, 9.17) is 0 Å². The van der Waals surface area contributed by atoms with Crippen molar-refractivity contribution in [3.05, 3.63) is 70.4 Å². The van der Waals surface area contributed by atoms with Gasteiger partial charge < -0.3 is 15.7 Å². The van der Waals surface area contributed by atoms with Crippen molar-refractivity contribution in [3.63, 3.8) is 0 Å². The van der Waals surface area contributed by atoms with Gasteiger partial charge in [-0.3, -0.25) is 15.1 Å². The molecule has 1 atom stereocenters. The number of hydrogen-bond donors (Lipinski definition) is 3. The van der Waals surface area contributed by atoms with Crippen LogP contribution in [0.2, 0.25) is 0 Å². The maximum atomic E-state index is 11.0. The number of benzene rings is 1. The number of pyridine rings is 1. The van der Waals surface area contributed by atoms with Crippen molar-refractivity contribution < 1.29 is 10.0 Å². The summed E-state index contributed by atoms with van der Waals surface area (Å²) in [6.45, 7) is 4.30. The van der Waals surface area contributed by atoms with Crippen molar-refractivity contribution in [2.24, 2.45) is 5.92 Å². The Labute approximate surface area is 174 Å². The minimum absolute atomic E-state index is 0.0382. The summed E-state index contributed by atoms with van der Waals surface area (Å²) in [5, 5.41) is 27.0. The second-order valence-corrected chi connectivity index (χ2v) is 7.13. The maximum absolute atomic E-state index is 11.0. The average Bonchev–Trinajstić information content (AvgIpc) is 2.76. The summed E-state index contributed by atoms with van der Waals surface area (Å²) in [6, 6.07) is 13.6. The number of aromatic nitrogens is 3. The predicted octanol–water partition coefficient (Wildman–Crippen LogP) is 3.49. The molecule has 2 aromatic heterocycles. The lowest BCUT2D eigenvalue weighted by molar-refractivity contribution is -0.384. The summed E-state index contributed by atoms with van der Waals surface area (Å²) in [5.74, 6) is 1.09. The summed E-state index contributed by atoms with van der Waals surface area (Å²) in [4.78, 5) is 23.9. The first kappa shape index (κ1) is 21.1. The molecule has 3 aromatic rings. The van der Waals surface area contributed by atoms with E-state index in [1.165, 1.54) is 12.1 Å². The molecular formula is C21H24N6O3. The van der Waals surface area contributed by atoms with Crippen LogP contribution in [0.15, 0.2) is 54.7 Å². The zero-order valence-electron chi connectivity index (χ0n) is 16.8. The van der Waals surface area contributed by atoms with Gasteiger partial charge in [-0.15, -0.1) is 0 Å². The molecule has 3 N–H and O–H groups in total. The lowest BCUT2D eigenvalue weighted by Gasteiger charge is -2.20. The molecule has 3 rings (SSSR count). The summed E-state index contributed by atoms with van der Waals surface area (Å²) in [5.41, 5.74) is 2.10. The smallest absolute Gasteiger partial charge is 0.269 e. The van der Waals surface area contributed by atoms with Crippen molar-refractivity contribution >= 4 is 17.5 Å². The molecule has 0 amide bonds. The van der Waals surface area contributed by atoms with E-state index >= 15 is 0 Å². The quantitative estimate of drug-likeness (QED) is 0.363. The summed E-state index contributed by atoms with van der Waals surface area (Å²) < 4.78 is 0. The van der Waals surface area contributed by atoms with Gasteiger partial charge in [-0.05, 0) is 23.6 Å². The van der Waals surface area contributed by atoms with Crippen LogP contribution in [0.25, 0.3) is 11.4 Å². The van der Waals surface area contributed by atoms with Gasteiger partial charge in [-0.25, -0.2) is 4.98 Å². The molecule has 0 bridgehead atoms. The highest BCUT2D eigenvalue weighted by atomic mass is 16.6. The molecule has 0 radical (unpaired) electrons. The van der Waals surface area contributed by atoms with E-state index in [2.05, 4.69) is 25.6 Å². The van der Waals surface area contributed by atoms with Crippen LogP contribution in [0.5, 0.6) is 0 Å². The summed E-state index contributed by atoms with van der Waals surface area (Å²) in [6.07, 6.45) is 1.69. The highest BCUT2D eigenvalue weighted by molar-refractivity contribution is 5.61. The number of nitro groups is 1. The molecule has 2 heterocycles. The van der Waals surface area contributed by atoms with Gasteiger partial charge in [0.25, 0.3) is 5.69 Å². The molecule has 0 saturated heterocycles. The number of aliphatic hydroxyl groups excluding tert-OH is 1. The Kier molecular flexibility index (Phi) is 6.87. The summed E-state index contributed by atoms with van der Waals surface area (Å²) in [7, 11) is 0. The number of nitro benzene ring substituents is 1. The second-order valence-electron chi connectivity index (χ2n) is 7.13. The van der Waals surface area contributed by atoms with Crippen molar-refractivity contribution in [1.29, 1.82) is 0 Å². The van der Waals surface area contributed by atoms with Crippen LogP contribution in [0.3, 0.4) is 0 Å². The van der Waals surface area contributed by atoms with E-state index in [0.29, 0.717) is 29.7 Å². The highest BCUT2D eigenvalue weighted by Gasteiger charge is 2.15. The number of nitrogens with one attached hydrogen (secondary N) is 2. The molecule has 0 aliphatic carbocycles. The number of nitrogens with zero attached hydrogens (tertiary/aromatic N) is 4. The van der Waals surface area contributed by atoms with Crippen LogP contribution >= 0.6 is 0 Å². The van der Waals surface area contributed by atoms with E-state index in [9.17, 15) is 15.2 Å². The van der Waals surface area contributed by atoms with Crippen LogP contribution < -0.4 is 10.6 Å². The van der Waals surface area contributed by atoms with Gasteiger partial charge in [-0.2, -0.15) is 4.98 Å². The number of anilines is 2. The van der Waals surface area contributed by atoms with Crippen LogP contribution in [0, 0.1) is 16.0 Å². The van der Waals surface area contributed by atoms with Gasteiger partial charge in [0.15, 0.2) is 0 Å². The monoisotopic (exact) mass is 408 g/mol. The Morgan fingerprint density at radius 3 is 2.60 bits per heavy atom. The SMILES string of the molecule is CC(C)[C@H](CO)Nc1nc(NCc2cccc([N+](=O)[O-])c2)cc(-c2ccccn2)n1. The Balaban J connectivity index is 1.87. The van der Waals surface area contributed by atoms with Gasteiger partial charge in [0.2, 0.25) is 5.95 Å². The third-order valence-electron chi connectivity index (χ3n) is 4.56. The summed E-state index contributed by atoms with van der Waals surface area (Å²) >= 11 is 0. The third-order valence-corrected chi connectivity index (χ3v) is 4.56. The zero-order chi connectivity index (χ0) is 21.5. The molecule has 0 aliphatic rings. The van der Waals surface area contributed by atoms with Gasteiger partial charge in [0.1, 0.15) is 5.82 Å². The fourth-order valence-electron chi connectivity index (χ4n) is 2.81. The van der Waals surface area contributed by atoms with Gasteiger partial charge in [0.05, 0.1) is 29.0 Å². The molecule has 0 unspecified atom stereocenters. The topological polar surface area (TPSA) is 126 Å². The lowest BCUT2D eigenvalue weighted by Crippen LogP contribution is -2.30. The first-order chi connectivity index (χ1) is 14.5. The molecule has 0 fully saturated rings. The number of non-ortho nitro benzene ring substituents is 1. The van der Waals surface area contributed by atoms with Crippen molar-refractivity contribution in [2.75, 3.05) is 17.2 Å². The first-order valence-corrected chi connectivity index (χ1v) is 9.61. The average molecular weight is 408 g/mol. The lowest BCUT2D eigenvalue weighted by atomic mass is 10.1. The Morgan fingerprint density at radius 2 is 1.93 bits per heavy atom. The minimum Gasteiger partial charge on any atom is -0.394 e.